The van der Waals surface area contributed by atoms with Gasteiger partial charge in [0.15, 0.2) is 0 Å². The van der Waals surface area contributed by atoms with Gasteiger partial charge in [-0.3, -0.25) is 0 Å². The van der Waals surface area contributed by atoms with Crippen molar-refractivity contribution in [2.24, 2.45) is 0 Å². The van der Waals surface area contributed by atoms with Crippen molar-refractivity contribution >= 4 is 5.82 Å². The second-order valence-electron chi connectivity index (χ2n) is 4.23. The summed E-state index contributed by atoms with van der Waals surface area (Å²) in [6.07, 6.45) is 0. The van der Waals surface area contributed by atoms with Gasteiger partial charge in [-0.2, -0.15) is 0 Å². The largest absolute Gasteiger partial charge is 0.352 e. The zero-order chi connectivity index (χ0) is 10.7. The number of rotatable bonds is 3. The van der Waals surface area contributed by atoms with Crippen molar-refractivity contribution in [2.45, 2.75) is 46.7 Å². The van der Waals surface area contributed by atoms with Crippen LogP contribution in [0, 0.1) is 6.92 Å². The minimum atomic E-state index is 0.490. The summed E-state index contributed by atoms with van der Waals surface area (Å²) in [5, 5.41) is 0. The Balaban J connectivity index is 2.99. The number of anilines is 1. The van der Waals surface area contributed by atoms with E-state index >= 15 is 0 Å². The third kappa shape index (κ3) is 2.47. The molecule has 1 rings (SSSR count). The smallest absolute Gasteiger partial charge is 0.129 e. The molecule has 0 aliphatic heterocycles. The number of nitrogens with zero attached hydrogens (tertiary/aromatic N) is 2. The van der Waals surface area contributed by atoms with Gasteiger partial charge < -0.3 is 4.90 Å². The van der Waals surface area contributed by atoms with Crippen LogP contribution in [-0.4, -0.2) is 17.1 Å². The Hall–Kier alpha value is -1.05. The highest BCUT2D eigenvalue weighted by atomic mass is 15.2. The molecule has 1 heterocycles. The number of hydrogen-bond acceptors (Lipinski definition) is 2. The van der Waals surface area contributed by atoms with Crippen molar-refractivity contribution in [1.29, 1.82) is 0 Å². The maximum absolute atomic E-state index is 4.54. The summed E-state index contributed by atoms with van der Waals surface area (Å²) in [4.78, 5) is 6.87. The second-order valence-corrected chi connectivity index (χ2v) is 4.23. The van der Waals surface area contributed by atoms with Crippen molar-refractivity contribution in [1.82, 2.24) is 4.98 Å². The first-order chi connectivity index (χ1) is 6.52. The van der Waals surface area contributed by atoms with Gasteiger partial charge in [-0.1, -0.05) is 6.07 Å². The van der Waals surface area contributed by atoms with Crippen molar-refractivity contribution in [3.05, 3.63) is 23.9 Å². The first kappa shape index (κ1) is 11.0. The van der Waals surface area contributed by atoms with Crippen LogP contribution >= 0.6 is 0 Å². The molecule has 0 atom stereocenters. The fourth-order valence-corrected chi connectivity index (χ4v) is 1.80. The number of aryl methyl sites for hydroxylation is 1. The van der Waals surface area contributed by atoms with E-state index in [2.05, 4.69) is 49.7 Å². The summed E-state index contributed by atoms with van der Waals surface area (Å²) in [6.45, 7) is 10.8. The molecule has 0 aliphatic carbocycles. The van der Waals surface area contributed by atoms with Gasteiger partial charge in [-0.05, 0) is 46.8 Å². The molecule has 78 valence electrons. The van der Waals surface area contributed by atoms with E-state index in [0.29, 0.717) is 12.1 Å². The molecule has 2 heteroatoms. The van der Waals surface area contributed by atoms with Crippen LogP contribution in [0.3, 0.4) is 0 Å². The minimum Gasteiger partial charge on any atom is -0.352 e. The lowest BCUT2D eigenvalue weighted by molar-refractivity contribution is 0.599. The molecule has 0 spiro atoms. The molecule has 0 amide bonds. The lowest BCUT2D eigenvalue weighted by Gasteiger charge is -2.32. The Bertz CT molecular complexity index is 284. The van der Waals surface area contributed by atoms with Gasteiger partial charge in [0, 0.05) is 17.8 Å². The highest BCUT2D eigenvalue weighted by molar-refractivity contribution is 5.41. The van der Waals surface area contributed by atoms with Gasteiger partial charge in [0.05, 0.1) is 0 Å². The Kier molecular flexibility index (Phi) is 3.50. The van der Waals surface area contributed by atoms with Crippen molar-refractivity contribution < 1.29 is 0 Å². The molecule has 0 aliphatic rings. The summed E-state index contributed by atoms with van der Waals surface area (Å²) in [5.74, 6) is 1.08. The van der Waals surface area contributed by atoms with Crippen LogP contribution in [0.25, 0.3) is 0 Å². The van der Waals surface area contributed by atoms with Crippen molar-refractivity contribution in [2.75, 3.05) is 4.90 Å². The normalized spacial score (nSPS) is 11.1. The first-order valence-electron chi connectivity index (χ1n) is 5.24. The lowest BCUT2D eigenvalue weighted by atomic mass is 10.2. The molecule has 0 saturated carbocycles. The molecule has 2 nitrogen and oxygen atoms in total. The van der Waals surface area contributed by atoms with Gasteiger partial charge in [0.25, 0.3) is 0 Å². The van der Waals surface area contributed by atoms with E-state index in [1.807, 2.05) is 13.0 Å². The molecule has 1 aromatic heterocycles. The second kappa shape index (κ2) is 4.45. The summed E-state index contributed by atoms with van der Waals surface area (Å²) < 4.78 is 0. The monoisotopic (exact) mass is 192 g/mol. The number of aromatic nitrogens is 1. The van der Waals surface area contributed by atoms with E-state index in [9.17, 15) is 0 Å². The maximum atomic E-state index is 4.54. The van der Waals surface area contributed by atoms with Gasteiger partial charge in [-0.25, -0.2) is 4.98 Å². The Morgan fingerprint density at radius 1 is 1.07 bits per heavy atom. The maximum Gasteiger partial charge on any atom is 0.129 e. The highest BCUT2D eigenvalue weighted by Crippen LogP contribution is 2.17. The average molecular weight is 192 g/mol. The molecular weight excluding hydrogens is 172 g/mol. The molecule has 0 radical (unpaired) electrons. The van der Waals surface area contributed by atoms with Crippen LogP contribution in [0.2, 0.25) is 0 Å². The standard InChI is InChI=1S/C12H20N2/c1-9(2)14(10(3)4)12-8-6-7-11(5)13-12/h6-10H,1-5H3. The molecule has 0 N–H and O–H groups in total. The van der Waals surface area contributed by atoms with Crippen LogP contribution in [0.1, 0.15) is 33.4 Å². The lowest BCUT2D eigenvalue weighted by Crippen LogP contribution is -2.37. The Morgan fingerprint density at radius 3 is 2.07 bits per heavy atom. The molecule has 0 unspecified atom stereocenters. The average Bonchev–Trinajstić information content (AvgIpc) is 2.02. The Labute approximate surface area is 87.0 Å². The quantitative estimate of drug-likeness (QED) is 0.732. The molecule has 1 aromatic rings. The summed E-state index contributed by atoms with van der Waals surface area (Å²) in [5.41, 5.74) is 1.08. The highest BCUT2D eigenvalue weighted by Gasteiger charge is 2.14. The fraction of sp³-hybridized carbons (Fsp3) is 0.583. The molecule has 0 fully saturated rings. The van der Waals surface area contributed by atoms with E-state index in [0.717, 1.165) is 11.5 Å². The number of hydrogen-bond donors (Lipinski definition) is 0. The molecule has 0 aromatic carbocycles. The fourth-order valence-electron chi connectivity index (χ4n) is 1.80. The SMILES string of the molecule is Cc1cccc(N(C(C)C)C(C)C)n1. The first-order valence-corrected chi connectivity index (χ1v) is 5.24. The minimum absolute atomic E-state index is 0.490. The van der Waals surface area contributed by atoms with Gasteiger partial charge in [0.1, 0.15) is 5.82 Å². The summed E-state index contributed by atoms with van der Waals surface area (Å²) >= 11 is 0. The third-order valence-corrected chi connectivity index (χ3v) is 2.25. The van der Waals surface area contributed by atoms with Crippen LogP contribution in [-0.2, 0) is 0 Å². The van der Waals surface area contributed by atoms with Crippen molar-refractivity contribution in [3.8, 4) is 0 Å². The zero-order valence-electron chi connectivity index (χ0n) is 9.78. The van der Waals surface area contributed by atoms with E-state index in [1.54, 1.807) is 0 Å². The zero-order valence-corrected chi connectivity index (χ0v) is 9.78. The van der Waals surface area contributed by atoms with Gasteiger partial charge >= 0.3 is 0 Å². The topological polar surface area (TPSA) is 16.1 Å². The van der Waals surface area contributed by atoms with Crippen LogP contribution < -0.4 is 4.90 Å². The molecule has 0 bridgehead atoms. The molecular formula is C12H20N2. The van der Waals surface area contributed by atoms with Gasteiger partial charge in [-0.15, -0.1) is 0 Å². The van der Waals surface area contributed by atoms with E-state index in [-0.39, 0.29) is 0 Å². The molecule has 14 heavy (non-hydrogen) atoms. The molecule has 0 saturated heterocycles. The van der Waals surface area contributed by atoms with Crippen molar-refractivity contribution in [3.63, 3.8) is 0 Å². The Morgan fingerprint density at radius 2 is 1.64 bits per heavy atom. The summed E-state index contributed by atoms with van der Waals surface area (Å²) in [6, 6.07) is 7.15. The van der Waals surface area contributed by atoms with E-state index < -0.39 is 0 Å². The predicted octanol–water partition coefficient (Wildman–Crippen LogP) is 3.01. The van der Waals surface area contributed by atoms with Crippen LogP contribution in [0.5, 0.6) is 0 Å². The number of pyridine rings is 1. The van der Waals surface area contributed by atoms with Gasteiger partial charge in [0.2, 0.25) is 0 Å². The van der Waals surface area contributed by atoms with E-state index in [4.69, 9.17) is 0 Å². The van der Waals surface area contributed by atoms with Crippen LogP contribution in [0.4, 0.5) is 5.82 Å². The van der Waals surface area contributed by atoms with Crippen LogP contribution in [0.15, 0.2) is 18.2 Å². The predicted molar refractivity (Wildman–Crippen MR) is 61.7 cm³/mol. The summed E-state index contributed by atoms with van der Waals surface area (Å²) in [7, 11) is 0. The van der Waals surface area contributed by atoms with E-state index in [1.165, 1.54) is 0 Å². The third-order valence-electron chi connectivity index (χ3n) is 2.25.